The second-order valence-electron chi connectivity index (χ2n) is 7.97. The molecule has 0 aromatic rings. The summed E-state index contributed by atoms with van der Waals surface area (Å²) in [6, 6.07) is 0. The number of allylic oxidation sites excluding steroid dienone is 1. The fourth-order valence-electron chi connectivity index (χ4n) is 3.62. The lowest BCUT2D eigenvalue weighted by atomic mass is 9.72. The van der Waals surface area contributed by atoms with Gasteiger partial charge in [0.15, 0.2) is 0 Å². The molecule has 1 aliphatic carbocycles. The minimum Gasteiger partial charge on any atom is -0.369 e. The first kappa shape index (κ1) is 18.7. The summed E-state index contributed by atoms with van der Waals surface area (Å²) < 4.78 is 6.48. The third kappa shape index (κ3) is 5.75. The Hall–Kier alpha value is -0.340. The van der Waals surface area contributed by atoms with Gasteiger partial charge in [0.2, 0.25) is 0 Å². The predicted octanol–water partition coefficient (Wildman–Crippen LogP) is 4.80. The van der Waals surface area contributed by atoms with E-state index < -0.39 is 0 Å². The third-order valence-corrected chi connectivity index (χ3v) is 5.02. The van der Waals surface area contributed by atoms with Crippen molar-refractivity contribution >= 4 is 0 Å². The topological polar surface area (TPSA) is 21.3 Å². The van der Waals surface area contributed by atoms with Gasteiger partial charge in [0, 0.05) is 6.54 Å². The molecule has 21 heavy (non-hydrogen) atoms. The molecule has 0 amide bonds. The number of rotatable bonds is 6. The fraction of sp³-hybridized carbons (Fsp3) is 0.895. The summed E-state index contributed by atoms with van der Waals surface area (Å²) in [5.74, 6) is 1.41. The van der Waals surface area contributed by atoms with E-state index in [1.54, 1.807) is 0 Å². The van der Waals surface area contributed by atoms with Crippen LogP contribution in [0.25, 0.3) is 0 Å². The van der Waals surface area contributed by atoms with E-state index in [1.165, 1.54) is 31.3 Å². The zero-order chi connectivity index (χ0) is 16.0. The highest BCUT2D eigenvalue weighted by Crippen LogP contribution is 2.39. The van der Waals surface area contributed by atoms with Crippen LogP contribution in [0.2, 0.25) is 0 Å². The van der Waals surface area contributed by atoms with Crippen LogP contribution in [0.15, 0.2) is 11.6 Å². The van der Waals surface area contributed by atoms with Crippen LogP contribution < -0.4 is 5.32 Å². The summed E-state index contributed by atoms with van der Waals surface area (Å²) in [5, 5.41) is 3.29. The molecular weight excluding hydrogens is 258 g/mol. The van der Waals surface area contributed by atoms with E-state index in [0.717, 1.165) is 12.5 Å². The van der Waals surface area contributed by atoms with E-state index in [9.17, 15) is 0 Å². The molecule has 0 spiro atoms. The van der Waals surface area contributed by atoms with Gasteiger partial charge < -0.3 is 10.1 Å². The molecule has 2 heteroatoms. The Kier molecular flexibility index (Phi) is 7.42. The van der Waals surface area contributed by atoms with E-state index in [1.807, 2.05) is 7.05 Å². The van der Waals surface area contributed by atoms with Crippen molar-refractivity contribution < 1.29 is 4.74 Å². The van der Waals surface area contributed by atoms with Gasteiger partial charge in [-0.2, -0.15) is 0 Å². The van der Waals surface area contributed by atoms with Crippen molar-refractivity contribution in [3.05, 3.63) is 11.6 Å². The lowest BCUT2D eigenvalue weighted by Gasteiger charge is -2.38. The Morgan fingerprint density at radius 3 is 2.14 bits per heavy atom. The molecule has 1 saturated carbocycles. The van der Waals surface area contributed by atoms with E-state index in [4.69, 9.17) is 4.74 Å². The summed E-state index contributed by atoms with van der Waals surface area (Å²) in [7, 11) is 2.01. The van der Waals surface area contributed by atoms with Gasteiger partial charge in [-0.05, 0) is 62.5 Å². The average molecular weight is 296 g/mol. The normalized spacial score (nSPS) is 26.2. The van der Waals surface area contributed by atoms with Crippen molar-refractivity contribution in [3.63, 3.8) is 0 Å². The second kappa shape index (κ2) is 8.33. The summed E-state index contributed by atoms with van der Waals surface area (Å²) in [6.45, 7) is 14.7. The molecule has 0 saturated heterocycles. The van der Waals surface area contributed by atoms with Crippen LogP contribution in [0.4, 0.5) is 0 Å². The van der Waals surface area contributed by atoms with Crippen LogP contribution in [0, 0.1) is 17.3 Å². The number of nitrogens with one attached hydrogen (secondary N) is 1. The van der Waals surface area contributed by atoms with Crippen molar-refractivity contribution in [3.8, 4) is 0 Å². The predicted molar refractivity (Wildman–Crippen MR) is 92.6 cm³/mol. The SMILES string of the molecule is C/C=C(\C(C)C)C(CNC)OC1CCC(C(C)(C)C)CC1. The minimum absolute atomic E-state index is 0.233. The molecule has 1 atom stereocenters. The van der Waals surface area contributed by atoms with Gasteiger partial charge in [-0.15, -0.1) is 0 Å². The van der Waals surface area contributed by atoms with Crippen LogP contribution in [-0.4, -0.2) is 25.8 Å². The first-order chi connectivity index (χ1) is 9.79. The molecule has 1 fully saturated rings. The van der Waals surface area contributed by atoms with Gasteiger partial charge in [-0.25, -0.2) is 0 Å². The molecule has 1 unspecified atom stereocenters. The second-order valence-corrected chi connectivity index (χ2v) is 7.97. The number of likely N-dealkylation sites (N-methyl/N-ethyl adjacent to an activating group) is 1. The zero-order valence-corrected chi connectivity index (χ0v) is 15.3. The first-order valence-electron chi connectivity index (χ1n) is 8.75. The molecule has 0 bridgehead atoms. The first-order valence-corrected chi connectivity index (χ1v) is 8.75. The molecule has 0 radical (unpaired) electrons. The summed E-state index contributed by atoms with van der Waals surface area (Å²) in [6.07, 6.45) is 7.98. The monoisotopic (exact) mass is 295 g/mol. The van der Waals surface area contributed by atoms with Crippen molar-refractivity contribution in [2.24, 2.45) is 17.3 Å². The Morgan fingerprint density at radius 2 is 1.76 bits per heavy atom. The Bertz CT molecular complexity index is 319. The van der Waals surface area contributed by atoms with Gasteiger partial charge >= 0.3 is 0 Å². The number of ether oxygens (including phenoxy) is 1. The molecule has 0 aromatic heterocycles. The van der Waals surface area contributed by atoms with E-state index in [0.29, 0.717) is 17.4 Å². The van der Waals surface area contributed by atoms with Crippen LogP contribution in [0.5, 0.6) is 0 Å². The maximum absolute atomic E-state index is 6.48. The maximum atomic E-state index is 6.48. The highest BCUT2D eigenvalue weighted by atomic mass is 16.5. The molecule has 0 heterocycles. The highest BCUT2D eigenvalue weighted by Gasteiger charge is 2.31. The van der Waals surface area contributed by atoms with Gasteiger partial charge in [0.05, 0.1) is 12.2 Å². The standard InChI is InChI=1S/C19H37NO/c1-8-17(14(2)3)18(13-20-7)21-16-11-9-15(10-12-16)19(4,5)6/h8,14-16,18,20H,9-13H2,1-7H3/b17-8+. The molecular formula is C19H37NO. The average Bonchev–Trinajstić information content (AvgIpc) is 2.39. The van der Waals surface area contributed by atoms with Crippen molar-refractivity contribution in [2.45, 2.75) is 79.4 Å². The summed E-state index contributed by atoms with van der Waals surface area (Å²) >= 11 is 0. The van der Waals surface area contributed by atoms with Gasteiger partial charge in [-0.1, -0.05) is 40.7 Å². The quantitative estimate of drug-likeness (QED) is 0.711. The van der Waals surface area contributed by atoms with Gasteiger partial charge in [-0.3, -0.25) is 0 Å². The molecule has 1 N–H and O–H groups in total. The zero-order valence-electron chi connectivity index (χ0n) is 15.3. The molecule has 1 rings (SSSR count). The third-order valence-electron chi connectivity index (χ3n) is 5.02. The van der Waals surface area contributed by atoms with Crippen LogP contribution in [0.3, 0.4) is 0 Å². The molecule has 0 aromatic carbocycles. The van der Waals surface area contributed by atoms with Crippen LogP contribution >= 0.6 is 0 Å². The highest BCUT2D eigenvalue weighted by molar-refractivity contribution is 5.11. The number of hydrogen-bond donors (Lipinski definition) is 1. The van der Waals surface area contributed by atoms with Crippen molar-refractivity contribution in [1.29, 1.82) is 0 Å². The Morgan fingerprint density at radius 1 is 1.19 bits per heavy atom. The summed E-state index contributed by atoms with van der Waals surface area (Å²) in [5.41, 5.74) is 1.88. The largest absolute Gasteiger partial charge is 0.369 e. The van der Waals surface area contributed by atoms with Gasteiger partial charge in [0.25, 0.3) is 0 Å². The van der Waals surface area contributed by atoms with Crippen LogP contribution in [-0.2, 0) is 4.74 Å². The molecule has 2 nitrogen and oxygen atoms in total. The lowest BCUT2D eigenvalue weighted by molar-refractivity contribution is -0.0310. The summed E-state index contributed by atoms with van der Waals surface area (Å²) in [4.78, 5) is 0. The van der Waals surface area contributed by atoms with Crippen LogP contribution in [0.1, 0.15) is 67.2 Å². The Balaban J connectivity index is 2.58. The number of hydrogen-bond acceptors (Lipinski definition) is 2. The maximum Gasteiger partial charge on any atom is 0.0915 e. The van der Waals surface area contributed by atoms with Crippen molar-refractivity contribution in [1.82, 2.24) is 5.32 Å². The van der Waals surface area contributed by atoms with Gasteiger partial charge in [0.1, 0.15) is 0 Å². The van der Waals surface area contributed by atoms with Crippen molar-refractivity contribution in [2.75, 3.05) is 13.6 Å². The van der Waals surface area contributed by atoms with E-state index >= 15 is 0 Å². The Labute approximate surface area is 132 Å². The molecule has 124 valence electrons. The molecule has 0 aliphatic heterocycles. The smallest absolute Gasteiger partial charge is 0.0915 e. The minimum atomic E-state index is 0.233. The van der Waals surface area contributed by atoms with E-state index in [-0.39, 0.29) is 6.10 Å². The lowest BCUT2D eigenvalue weighted by Crippen LogP contribution is -2.36. The van der Waals surface area contributed by atoms with E-state index in [2.05, 4.69) is 52.9 Å². The molecule has 1 aliphatic rings. The fourth-order valence-corrected chi connectivity index (χ4v) is 3.62.